The summed E-state index contributed by atoms with van der Waals surface area (Å²) in [7, 11) is 0. The first-order chi connectivity index (χ1) is 16.1. The molecule has 2 atom stereocenters. The molecule has 7 heteroatoms. The summed E-state index contributed by atoms with van der Waals surface area (Å²) in [5.41, 5.74) is 3.38. The number of hydrogen-bond acceptors (Lipinski definition) is 5. The molecule has 3 heterocycles. The molecule has 3 aromatic rings. The van der Waals surface area contributed by atoms with Gasteiger partial charge in [0, 0.05) is 48.1 Å². The topological polar surface area (TPSA) is 68.2 Å². The van der Waals surface area contributed by atoms with Crippen molar-refractivity contribution in [3.05, 3.63) is 72.2 Å². The van der Waals surface area contributed by atoms with Crippen LogP contribution in [-0.2, 0) is 0 Å². The Morgan fingerprint density at radius 1 is 1.21 bits per heavy atom. The average molecular weight is 449 g/mol. The highest BCUT2D eigenvalue weighted by atomic mass is 19.1. The van der Waals surface area contributed by atoms with Gasteiger partial charge in [-0.3, -0.25) is 4.79 Å². The van der Waals surface area contributed by atoms with Crippen LogP contribution >= 0.6 is 0 Å². The Morgan fingerprint density at radius 3 is 2.76 bits per heavy atom. The third-order valence-electron chi connectivity index (χ3n) is 6.19. The number of nitrogens with zero attached hydrogens (tertiary/aromatic N) is 4. The van der Waals surface area contributed by atoms with E-state index in [4.69, 9.17) is 4.74 Å². The van der Waals surface area contributed by atoms with Gasteiger partial charge in [0.15, 0.2) is 0 Å². The minimum atomic E-state index is -0.391. The summed E-state index contributed by atoms with van der Waals surface area (Å²) in [5.74, 6) is 0.207. The van der Waals surface area contributed by atoms with Gasteiger partial charge in [-0.15, -0.1) is 0 Å². The fraction of sp³-hybridized carbons (Fsp3) is 0.385. The van der Waals surface area contributed by atoms with E-state index < -0.39 is 5.82 Å². The number of rotatable bonds is 8. The van der Waals surface area contributed by atoms with Crippen LogP contribution in [0.4, 0.5) is 4.39 Å². The van der Waals surface area contributed by atoms with Gasteiger partial charge in [0.2, 0.25) is 5.88 Å². The summed E-state index contributed by atoms with van der Waals surface area (Å²) in [5, 5.41) is 0. The van der Waals surface area contributed by atoms with Crippen molar-refractivity contribution in [2.75, 3.05) is 13.2 Å². The number of pyridine rings is 1. The zero-order chi connectivity index (χ0) is 23.2. The molecule has 1 aliphatic heterocycles. The minimum Gasteiger partial charge on any atom is -0.477 e. The lowest BCUT2D eigenvalue weighted by molar-refractivity contribution is 0.0638. The second-order valence-electron chi connectivity index (χ2n) is 8.56. The lowest BCUT2D eigenvalue weighted by Crippen LogP contribution is -2.42. The van der Waals surface area contributed by atoms with Crippen LogP contribution in [0.1, 0.15) is 48.5 Å². The largest absolute Gasteiger partial charge is 0.477 e. The van der Waals surface area contributed by atoms with Gasteiger partial charge in [0.1, 0.15) is 12.1 Å². The first-order valence-corrected chi connectivity index (χ1v) is 11.5. The van der Waals surface area contributed by atoms with Crippen molar-refractivity contribution in [3.8, 4) is 17.0 Å². The normalized spacial score (nSPS) is 16.6. The Labute approximate surface area is 193 Å². The van der Waals surface area contributed by atoms with Crippen LogP contribution < -0.4 is 4.74 Å². The minimum absolute atomic E-state index is 0.0288. The van der Waals surface area contributed by atoms with Crippen molar-refractivity contribution in [2.45, 2.75) is 45.6 Å². The van der Waals surface area contributed by atoms with Crippen LogP contribution in [0.2, 0.25) is 0 Å². The van der Waals surface area contributed by atoms with Crippen LogP contribution in [0, 0.1) is 18.7 Å². The highest BCUT2D eigenvalue weighted by Gasteiger charge is 2.36. The van der Waals surface area contributed by atoms with Gasteiger partial charge in [0.05, 0.1) is 12.8 Å². The molecule has 0 N–H and O–H groups in total. The molecule has 6 nitrogen and oxygen atoms in total. The molecule has 1 aromatic carbocycles. The molecule has 33 heavy (non-hydrogen) atoms. The maximum Gasteiger partial charge on any atom is 0.254 e. The molecule has 0 saturated carbocycles. The van der Waals surface area contributed by atoms with E-state index in [0.29, 0.717) is 18.1 Å². The van der Waals surface area contributed by atoms with Crippen LogP contribution in [0.15, 0.2) is 55.2 Å². The fourth-order valence-corrected chi connectivity index (χ4v) is 4.61. The third-order valence-corrected chi connectivity index (χ3v) is 6.19. The number of aromatic nitrogens is 3. The summed E-state index contributed by atoms with van der Waals surface area (Å²) in [6.45, 7) is 5.29. The van der Waals surface area contributed by atoms with Crippen LogP contribution in [-0.4, -0.2) is 45.0 Å². The number of carbonyl (C=O) groups is 1. The predicted molar refractivity (Wildman–Crippen MR) is 124 cm³/mol. The van der Waals surface area contributed by atoms with Gasteiger partial charge in [-0.25, -0.2) is 19.3 Å². The SMILES string of the molecule is CCC[C@H](COc1ccc(F)cn1)C1CCCN1C(=O)c1cc(C)ccc1-c1cncnc1. The highest BCUT2D eigenvalue weighted by Crippen LogP contribution is 2.32. The number of aryl methyl sites for hydroxylation is 1. The molecular formula is C26H29FN4O2. The van der Waals surface area contributed by atoms with Crippen molar-refractivity contribution in [2.24, 2.45) is 5.92 Å². The van der Waals surface area contributed by atoms with E-state index in [1.807, 2.05) is 30.0 Å². The van der Waals surface area contributed by atoms with E-state index in [0.717, 1.165) is 55.1 Å². The third kappa shape index (κ3) is 5.35. The first kappa shape index (κ1) is 22.8. The number of likely N-dealkylation sites (tertiary alicyclic amines) is 1. The predicted octanol–water partition coefficient (Wildman–Crippen LogP) is 5.09. The highest BCUT2D eigenvalue weighted by molar-refractivity contribution is 6.01. The molecule has 4 rings (SSSR count). The molecule has 2 aromatic heterocycles. The van der Waals surface area contributed by atoms with Crippen molar-refractivity contribution < 1.29 is 13.9 Å². The molecule has 0 spiro atoms. The number of ether oxygens (including phenoxy) is 1. The van der Waals surface area contributed by atoms with Gasteiger partial charge < -0.3 is 9.64 Å². The number of halogens is 1. The molecule has 1 saturated heterocycles. The Hall–Kier alpha value is -3.35. The Morgan fingerprint density at radius 2 is 2.03 bits per heavy atom. The Balaban J connectivity index is 1.57. The number of carbonyl (C=O) groups excluding carboxylic acids is 1. The second kappa shape index (κ2) is 10.5. The molecule has 0 bridgehead atoms. The number of hydrogen-bond donors (Lipinski definition) is 0. The molecular weight excluding hydrogens is 419 g/mol. The van der Waals surface area contributed by atoms with Crippen LogP contribution in [0.5, 0.6) is 5.88 Å². The molecule has 0 radical (unpaired) electrons. The number of benzene rings is 1. The van der Waals surface area contributed by atoms with Gasteiger partial charge in [-0.05, 0) is 43.9 Å². The lowest BCUT2D eigenvalue weighted by atomic mass is 9.92. The maximum atomic E-state index is 13.8. The summed E-state index contributed by atoms with van der Waals surface area (Å²) in [6, 6.07) is 8.89. The summed E-state index contributed by atoms with van der Waals surface area (Å²) in [6.07, 6.45) is 9.93. The van der Waals surface area contributed by atoms with Crippen LogP contribution in [0.3, 0.4) is 0 Å². The average Bonchev–Trinajstić information content (AvgIpc) is 3.32. The van der Waals surface area contributed by atoms with Gasteiger partial charge >= 0.3 is 0 Å². The van der Waals surface area contributed by atoms with Gasteiger partial charge in [0.25, 0.3) is 5.91 Å². The maximum absolute atomic E-state index is 13.8. The van der Waals surface area contributed by atoms with Gasteiger partial charge in [-0.1, -0.05) is 31.0 Å². The zero-order valence-electron chi connectivity index (χ0n) is 19.1. The lowest BCUT2D eigenvalue weighted by Gasteiger charge is -2.32. The monoisotopic (exact) mass is 448 g/mol. The van der Waals surface area contributed by atoms with Crippen molar-refractivity contribution >= 4 is 5.91 Å². The van der Waals surface area contributed by atoms with Crippen molar-refractivity contribution in [1.82, 2.24) is 19.9 Å². The van der Waals surface area contributed by atoms with E-state index in [9.17, 15) is 9.18 Å². The van der Waals surface area contributed by atoms with Crippen molar-refractivity contribution in [3.63, 3.8) is 0 Å². The van der Waals surface area contributed by atoms with E-state index in [2.05, 4.69) is 21.9 Å². The Kier molecular flexibility index (Phi) is 7.27. The molecule has 1 aliphatic rings. The summed E-state index contributed by atoms with van der Waals surface area (Å²) < 4.78 is 19.1. The summed E-state index contributed by atoms with van der Waals surface area (Å²) in [4.78, 5) is 28.1. The second-order valence-corrected chi connectivity index (χ2v) is 8.56. The quantitative estimate of drug-likeness (QED) is 0.480. The molecule has 1 amide bonds. The molecule has 1 unspecified atom stereocenters. The first-order valence-electron chi connectivity index (χ1n) is 11.5. The van der Waals surface area contributed by atoms with E-state index in [-0.39, 0.29) is 17.9 Å². The van der Waals surface area contributed by atoms with E-state index >= 15 is 0 Å². The Bertz CT molecular complexity index is 1080. The smallest absolute Gasteiger partial charge is 0.254 e. The molecule has 1 fully saturated rings. The standard InChI is InChI=1S/C26H29FN4O2/c1-3-5-19(16-33-25-10-8-21(27)15-30-25)24-6-4-11-31(24)26(32)23-12-18(2)7-9-22(23)20-13-28-17-29-14-20/h7-10,12-15,17,19,24H,3-6,11,16H2,1-2H3/t19-,24?/m1/s1. The fourth-order valence-electron chi connectivity index (χ4n) is 4.61. The molecule has 0 aliphatic carbocycles. The van der Waals surface area contributed by atoms with Crippen LogP contribution in [0.25, 0.3) is 11.1 Å². The van der Waals surface area contributed by atoms with E-state index in [1.54, 1.807) is 12.4 Å². The molecule has 172 valence electrons. The summed E-state index contributed by atoms with van der Waals surface area (Å²) >= 11 is 0. The number of amides is 1. The van der Waals surface area contributed by atoms with Gasteiger partial charge in [-0.2, -0.15) is 0 Å². The van der Waals surface area contributed by atoms with E-state index in [1.165, 1.54) is 18.5 Å². The van der Waals surface area contributed by atoms with Crippen molar-refractivity contribution in [1.29, 1.82) is 0 Å². The zero-order valence-corrected chi connectivity index (χ0v) is 19.1.